The second kappa shape index (κ2) is 6.84. The number of aryl methyl sites for hydroxylation is 2. The molecule has 25 heavy (non-hydrogen) atoms. The van der Waals surface area contributed by atoms with Crippen molar-refractivity contribution in [1.82, 2.24) is 14.6 Å². The molecule has 1 saturated heterocycles. The minimum Gasteiger partial charge on any atom is -0.360 e. The fourth-order valence-electron chi connectivity index (χ4n) is 3.51. The molecule has 1 fully saturated rings. The van der Waals surface area contributed by atoms with Gasteiger partial charge in [0.2, 0.25) is 0 Å². The highest BCUT2D eigenvalue weighted by atomic mass is 35.5. The maximum absolute atomic E-state index is 13.0. The molecule has 2 aromatic heterocycles. The lowest BCUT2D eigenvalue weighted by molar-refractivity contribution is 0.0532. The van der Waals surface area contributed by atoms with Crippen LogP contribution in [0.2, 0.25) is 0 Å². The van der Waals surface area contributed by atoms with Crippen LogP contribution >= 0.6 is 12.4 Å². The molecule has 0 bridgehead atoms. The van der Waals surface area contributed by atoms with Gasteiger partial charge in [-0.1, -0.05) is 19.0 Å². The summed E-state index contributed by atoms with van der Waals surface area (Å²) in [5, 5.41) is 4.07. The van der Waals surface area contributed by atoms with Crippen molar-refractivity contribution in [1.29, 1.82) is 0 Å². The molecular formula is C18H27ClN4O2. The van der Waals surface area contributed by atoms with Gasteiger partial charge in [0, 0.05) is 36.6 Å². The Balaban J connectivity index is 0.00000225. The van der Waals surface area contributed by atoms with E-state index in [1.54, 1.807) is 0 Å². The summed E-state index contributed by atoms with van der Waals surface area (Å²) < 4.78 is 7.14. The van der Waals surface area contributed by atoms with E-state index in [4.69, 9.17) is 10.3 Å². The smallest absolute Gasteiger partial charge is 0.255 e. The van der Waals surface area contributed by atoms with E-state index in [-0.39, 0.29) is 29.8 Å². The molecule has 0 aliphatic carbocycles. The van der Waals surface area contributed by atoms with Crippen LogP contribution in [-0.2, 0) is 0 Å². The van der Waals surface area contributed by atoms with Crippen LogP contribution in [0.3, 0.4) is 0 Å². The van der Waals surface area contributed by atoms with E-state index in [0.29, 0.717) is 18.9 Å². The Morgan fingerprint density at radius 2 is 2.00 bits per heavy atom. The Morgan fingerprint density at radius 3 is 2.56 bits per heavy atom. The monoisotopic (exact) mass is 366 g/mol. The highest BCUT2D eigenvalue weighted by Gasteiger charge is 2.36. The van der Waals surface area contributed by atoms with Crippen LogP contribution in [0.4, 0.5) is 0 Å². The molecule has 1 atom stereocenters. The molecular weight excluding hydrogens is 340 g/mol. The van der Waals surface area contributed by atoms with Gasteiger partial charge in [-0.25, -0.2) is 0 Å². The second-order valence-corrected chi connectivity index (χ2v) is 7.53. The van der Waals surface area contributed by atoms with Crippen molar-refractivity contribution in [3.63, 3.8) is 0 Å². The van der Waals surface area contributed by atoms with Crippen molar-refractivity contribution in [3.8, 4) is 5.82 Å². The van der Waals surface area contributed by atoms with Crippen molar-refractivity contribution in [2.24, 2.45) is 11.1 Å². The number of halogens is 1. The van der Waals surface area contributed by atoms with Crippen LogP contribution in [0.25, 0.3) is 5.82 Å². The molecule has 3 rings (SSSR count). The molecule has 3 heterocycles. The number of hydrogen-bond acceptors (Lipinski definition) is 4. The highest BCUT2D eigenvalue weighted by Crippen LogP contribution is 2.30. The van der Waals surface area contributed by atoms with Gasteiger partial charge in [-0.3, -0.25) is 9.36 Å². The fourth-order valence-corrected chi connectivity index (χ4v) is 3.51. The minimum absolute atomic E-state index is 0. The Morgan fingerprint density at radius 1 is 1.32 bits per heavy atom. The van der Waals surface area contributed by atoms with Gasteiger partial charge in [0.15, 0.2) is 5.82 Å². The third-order valence-electron chi connectivity index (χ3n) is 5.11. The van der Waals surface area contributed by atoms with E-state index in [2.05, 4.69) is 19.0 Å². The summed E-state index contributed by atoms with van der Waals surface area (Å²) in [5.74, 6) is 1.52. The zero-order chi connectivity index (χ0) is 17.6. The molecule has 1 unspecified atom stereocenters. The van der Waals surface area contributed by atoms with Crippen molar-refractivity contribution in [2.75, 3.05) is 13.1 Å². The first-order valence-corrected chi connectivity index (χ1v) is 8.38. The van der Waals surface area contributed by atoms with E-state index in [1.807, 2.05) is 42.4 Å². The molecule has 7 heteroatoms. The standard InChI is InChI=1S/C18H26N4O2.ClH/c1-11-8-14(13(3)22(11)16-9-12(2)24-20-16)17(23)21-7-6-15(19)18(4,5)10-21;/h8-9,15H,6-7,10,19H2,1-5H3;1H. The number of aromatic nitrogens is 2. The summed E-state index contributed by atoms with van der Waals surface area (Å²) >= 11 is 0. The van der Waals surface area contributed by atoms with Gasteiger partial charge < -0.3 is 15.2 Å². The molecule has 1 aliphatic rings. The van der Waals surface area contributed by atoms with E-state index < -0.39 is 0 Å². The van der Waals surface area contributed by atoms with Gasteiger partial charge >= 0.3 is 0 Å². The molecule has 2 N–H and O–H groups in total. The van der Waals surface area contributed by atoms with Crippen molar-refractivity contribution >= 4 is 18.3 Å². The molecule has 1 amide bonds. The summed E-state index contributed by atoms with van der Waals surface area (Å²) in [4.78, 5) is 15.0. The third kappa shape index (κ3) is 3.46. The molecule has 6 nitrogen and oxygen atoms in total. The Labute approximate surface area is 154 Å². The maximum Gasteiger partial charge on any atom is 0.255 e. The normalized spacial score (nSPS) is 19.6. The highest BCUT2D eigenvalue weighted by molar-refractivity contribution is 5.96. The quantitative estimate of drug-likeness (QED) is 0.886. The SMILES string of the molecule is Cc1cc(-n2c(C)cc(C(=O)N3CCC(N)C(C)(C)C3)c2C)no1.Cl. The lowest BCUT2D eigenvalue weighted by Crippen LogP contribution is -2.54. The Hall–Kier alpha value is -1.79. The van der Waals surface area contributed by atoms with Gasteiger partial charge in [-0.2, -0.15) is 0 Å². The number of nitrogens with two attached hydrogens (primary N) is 1. The summed E-state index contributed by atoms with van der Waals surface area (Å²) in [6.07, 6.45) is 0.833. The predicted octanol–water partition coefficient (Wildman–Crippen LogP) is 3.01. The predicted molar refractivity (Wildman–Crippen MR) is 99.6 cm³/mol. The lowest BCUT2D eigenvalue weighted by atomic mass is 9.79. The number of rotatable bonds is 2. The zero-order valence-corrected chi connectivity index (χ0v) is 16.3. The number of piperidine rings is 1. The van der Waals surface area contributed by atoms with Crippen molar-refractivity contribution < 1.29 is 9.32 Å². The number of likely N-dealkylation sites (tertiary alicyclic amines) is 1. The fraction of sp³-hybridized carbons (Fsp3) is 0.556. The van der Waals surface area contributed by atoms with Crippen LogP contribution < -0.4 is 5.73 Å². The van der Waals surface area contributed by atoms with Gasteiger partial charge in [-0.05, 0) is 38.7 Å². The number of hydrogen-bond donors (Lipinski definition) is 1. The molecule has 0 aromatic carbocycles. The third-order valence-corrected chi connectivity index (χ3v) is 5.11. The number of carbonyl (C=O) groups is 1. The van der Waals surface area contributed by atoms with E-state index >= 15 is 0 Å². The van der Waals surface area contributed by atoms with Crippen LogP contribution in [-0.4, -0.2) is 39.7 Å². The number of amides is 1. The second-order valence-electron chi connectivity index (χ2n) is 7.53. The first-order chi connectivity index (χ1) is 11.2. The topological polar surface area (TPSA) is 77.3 Å². The average Bonchev–Trinajstić information content (AvgIpc) is 3.04. The van der Waals surface area contributed by atoms with E-state index in [0.717, 1.165) is 29.1 Å². The van der Waals surface area contributed by atoms with E-state index in [9.17, 15) is 4.79 Å². The van der Waals surface area contributed by atoms with Gasteiger partial charge in [0.05, 0.1) is 5.56 Å². The van der Waals surface area contributed by atoms with Crippen LogP contribution in [0.15, 0.2) is 16.7 Å². The Kier molecular flexibility index (Phi) is 5.35. The van der Waals surface area contributed by atoms with Crippen molar-refractivity contribution in [2.45, 2.75) is 47.1 Å². The molecule has 0 spiro atoms. The van der Waals surface area contributed by atoms with Crippen LogP contribution in [0, 0.1) is 26.2 Å². The van der Waals surface area contributed by atoms with E-state index in [1.165, 1.54) is 0 Å². The molecule has 1 aliphatic heterocycles. The van der Waals surface area contributed by atoms with Crippen LogP contribution in [0.5, 0.6) is 0 Å². The van der Waals surface area contributed by atoms with Gasteiger partial charge in [0.1, 0.15) is 5.76 Å². The van der Waals surface area contributed by atoms with Gasteiger partial charge in [0.25, 0.3) is 5.91 Å². The summed E-state index contributed by atoms with van der Waals surface area (Å²) in [6, 6.07) is 3.94. The zero-order valence-electron chi connectivity index (χ0n) is 15.5. The summed E-state index contributed by atoms with van der Waals surface area (Å²) in [7, 11) is 0. The van der Waals surface area contributed by atoms with Crippen molar-refractivity contribution in [3.05, 3.63) is 34.8 Å². The maximum atomic E-state index is 13.0. The average molecular weight is 367 g/mol. The molecule has 138 valence electrons. The first-order valence-electron chi connectivity index (χ1n) is 8.38. The molecule has 0 saturated carbocycles. The number of nitrogens with zero attached hydrogens (tertiary/aromatic N) is 3. The largest absolute Gasteiger partial charge is 0.360 e. The lowest BCUT2D eigenvalue weighted by Gasteiger charge is -2.42. The van der Waals surface area contributed by atoms with Crippen LogP contribution in [0.1, 0.15) is 47.8 Å². The molecule has 2 aromatic rings. The summed E-state index contributed by atoms with van der Waals surface area (Å²) in [5.41, 5.74) is 8.70. The van der Waals surface area contributed by atoms with Gasteiger partial charge in [-0.15, -0.1) is 12.4 Å². The minimum atomic E-state index is -0.0668. The Bertz CT molecular complexity index is 778. The first kappa shape index (κ1) is 19.5. The molecule has 0 radical (unpaired) electrons. The number of carbonyl (C=O) groups excluding carboxylic acids is 1. The summed E-state index contributed by atoms with van der Waals surface area (Å²) in [6.45, 7) is 11.4.